The van der Waals surface area contributed by atoms with Gasteiger partial charge in [0.2, 0.25) is 5.91 Å². The van der Waals surface area contributed by atoms with Crippen LogP contribution in [0.3, 0.4) is 0 Å². The van der Waals surface area contributed by atoms with E-state index >= 15 is 0 Å². The number of aromatic nitrogens is 4. The van der Waals surface area contributed by atoms with Crippen molar-refractivity contribution in [3.8, 4) is 6.07 Å². The second-order valence-corrected chi connectivity index (χ2v) is 6.87. The quantitative estimate of drug-likeness (QED) is 0.613. The monoisotopic (exact) mass is 394 g/mol. The molecule has 0 atom stereocenters. The molecule has 0 N–H and O–H groups in total. The lowest BCUT2D eigenvalue weighted by atomic mass is 10.1. The van der Waals surface area contributed by atoms with Crippen molar-refractivity contribution in [2.75, 3.05) is 6.54 Å². The number of nitrogens with zero attached hydrogens (tertiary/aromatic N) is 6. The minimum atomic E-state index is -0.484. The van der Waals surface area contributed by atoms with Gasteiger partial charge in [-0.1, -0.05) is 19.1 Å². The molecule has 0 aliphatic carbocycles. The van der Waals surface area contributed by atoms with E-state index in [-0.39, 0.29) is 23.6 Å². The highest BCUT2D eigenvalue weighted by molar-refractivity contribution is 5.79. The van der Waals surface area contributed by atoms with Gasteiger partial charge in [-0.25, -0.2) is 9.78 Å². The van der Waals surface area contributed by atoms with E-state index in [0.29, 0.717) is 18.7 Å². The van der Waals surface area contributed by atoms with Crippen LogP contribution in [0.1, 0.15) is 24.5 Å². The number of rotatable bonds is 6. The number of fused-ring (bicyclic) bond motifs is 1. The number of carbonyl (C=O) groups excluding carboxylic acids is 1. The SMILES string of the molecule is CCCN(Cc1ccc(C#N)cc1)C(=O)Cn1cnc2c1c(=O)n(C)c(=O)n2C. The fraction of sp³-hybridized carbons (Fsp3) is 0.350. The molecule has 9 nitrogen and oxygen atoms in total. The lowest BCUT2D eigenvalue weighted by Gasteiger charge is -2.22. The van der Waals surface area contributed by atoms with E-state index in [4.69, 9.17) is 5.26 Å². The lowest BCUT2D eigenvalue weighted by Crippen LogP contribution is -2.38. The predicted octanol–water partition coefficient (Wildman–Crippen LogP) is 0.744. The second-order valence-electron chi connectivity index (χ2n) is 6.87. The number of carbonyl (C=O) groups is 1. The first kappa shape index (κ1) is 20.1. The van der Waals surface area contributed by atoms with E-state index in [0.717, 1.165) is 16.6 Å². The van der Waals surface area contributed by atoms with Crippen LogP contribution in [0.4, 0.5) is 0 Å². The molecule has 0 saturated heterocycles. The molecule has 0 unspecified atom stereocenters. The molecule has 1 amide bonds. The van der Waals surface area contributed by atoms with Crippen LogP contribution in [0.5, 0.6) is 0 Å². The Labute approximate surface area is 167 Å². The van der Waals surface area contributed by atoms with Crippen molar-refractivity contribution >= 4 is 17.1 Å². The van der Waals surface area contributed by atoms with Crippen LogP contribution in [0, 0.1) is 11.3 Å². The summed E-state index contributed by atoms with van der Waals surface area (Å²) in [4.78, 5) is 43.4. The summed E-state index contributed by atoms with van der Waals surface area (Å²) in [6, 6.07) is 9.17. The van der Waals surface area contributed by atoms with Gasteiger partial charge in [0.15, 0.2) is 11.2 Å². The Kier molecular flexibility index (Phi) is 5.64. The minimum absolute atomic E-state index is 0.0553. The van der Waals surface area contributed by atoms with Crippen molar-refractivity contribution in [1.29, 1.82) is 5.26 Å². The van der Waals surface area contributed by atoms with Gasteiger partial charge in [-0.15, -0.1) is 0 Å². The van der Waals surface area contributed by atoms with Gasteiger partial charge in [0.05, 0.1) is 18.0 Å². The Hall–Kier alpha value is -3.67. The summed E-state index contributed by atoms with van der Waals surface area (Å²) in [6.45, 7) is 2.89. The Morgan fingerprint density at radius 1 is 1.17 bits per heavy atom. The van der Waals surface area contributed by atoms with Crippen molar-refractivity contribution in [2.24, 2.45) is 14.1 Å². The lowest BCUT2D eigenvalue weighted by molar-refractivity contribution is -0.132. The summed E-state index contributed by atoms with van der Waals surface area (Å²) < 4.78 is 3.78. The maximum Gasteiger partial charge on any atom is 0.332 e. The number of imidazole rings is 1. The van der Waals surface area contributed by atoms with Crippen LogP contribution in [0.15, 0.2) is 40.2 Å². The Bertz CT molecular complexity index is 1210. The highest BCUT2D eigenvalue weighted by atomic mass is 16.2. The molecule has 0 spiro atoms. The maximum absolute atomic E-state index is 13.0. The molecule has 1 aromatic carbocycles. The third kappa shape index (κ3) is 3.82. The Morgan fingerprint density at radius 2 is 1.86 bits per heavy atom. The van der Waals surface area contributed by atoms with Crippen LogP contribution in [-0.2, 0) is 32.0 Å². The molecular weight excluding hydrogens is 372 g/mol. The molecule has 0 radical (unpaired) electrons. The average molecular weight is 394 g/mol. The van der Waals surface area contributed by atoms with Gasteiger partial charge in [0.25, 0.3) is 5.56 Å². The van der Waals surface area contributed by atoms with Gasteiger partial charge in [-0.2, -0.15) is 5.26 Å². The normalized spacial score (nSPS) is 10.8. The van der Waals surface area contributed by atoms with E-state index < -0.39 is 11.2 Å². The van der Waals surface area contributed by atoms with Gasteiger partial charge in [-0.05, 0) is 24.1 Å². The van der Waals surface area contributed by atoms with Gasteiger partial charge >= 0.3 is 5.69 Å². The second kappa shape index (κ2) is 8.14. The van der Waals surface area contributed by atoms with Crippen LogP contribution in [0.25, 0.3) is 11.2 Å². The highest BCUT2D eigenvalue weighted by Gasteiger charge is 2.19. The topological polar surface area (TPSA) is 106 Å². The van der Waals surface area contributed by atoms with Gasteiger partial charge < -0.3 is 9.47 Å². The zero-order chi connectivity index (χ0) is 21.1. The smallest absolute Gasteiger partial charge is 0.332 e. The van der Waals surface area contributed by atoms with E-state index in [1.165, 1.54) is 29.6 Å². The maximum atomic E-state index is 13.0. The zero-order valence-electron chi connectivity index (χ0n) is 16.6. The van der Waals surface area contributed by atoms with Crippen LogP contribution in [0.2, 0.25) is 0 Å². The zero-order valence-corrected chi connectivity index (χ0v) is 16.6. The highest BCUT2D eigenvalue weighted by Crippen LogP contribution is 2.11. The largest absolute Gasteiger partial charge is 0.337 e. The average Bonchev–Trinajstić information content (AvgIpc) is 3.14. The minimum Gasteiger partial charge on any atom is -0.337 e. The first-order chi connectivity index (χ1) is 13.9. The molecular formula is C20H22N6O3. The number of hydrogen-bond acceptors (Lipinski definition) is 5. The molecule has 0 aliphatic rings. The van der Waals surface area contributed by atoms with Crippen molar-refractivity contribution in [3.63, 3.8) is 0 Å². The van der Waals surface area contributed by atoms with Gasteiger partial charge in [0.1, 0.15) is 6.54 Å². The van der Waals surface area contributed by atoms with Gasteiger partial charge in [-0.3, -0.25) is 18.7 Å². The third-order valence-electron chi connectivity index (χ3n) is 4.83. The fourth-order valence-corrected chi connectivity index (χ4v) is 3.23. The predicted molar refractivity (Wildman–Crippen MR) is 107 cm³/mol. The first-order valence-electron chi connectivity index (χ1n) is 9.25. The number of aryl methyl sites for hydroxylation is 1. The van der Waals surface area contributed by atoms with Crippen LogP contribution < -0.4 is 11.2 Å². The van der Waals surface area contributed by atoms with Crippen molar-refractivity contribution < 1.29 is 4.79 Å². The molecule has 2 aromatic heterocycles. The number of benzene rings is 1. The molecule has 29 heavy (non-hydrogen) atoms. The molecule has 0 bridgehead atoms. The molecule has 2 heterocycles. The number of nitriles is 1. The first-order valence-corrected chi connectivity index (χ1v) is 9.25. The fourth-order valence-electron chi connectivity index (χ4n) is 3.23. The third-order valence-corrected chi connectivity index (χ3v) is 4.83. The molecule has 0 aliphatic heterocycles. The van der Waals surface area contributed by atoms with E-state index in [9.17, 15) is 14.4 Å². The molecule has 3 rings (SSSR count). The molecule has 3 aromatic rings. The summed E-state index contributed by atoms with van der Waals surface area (Å²) in [5.74, 6) is -0.161. The van der Waals surface area contributed by atoms with E-state index in [2.05, 4.69) is 11.1 Å². The Balaban J connectivity index is 1.89. The van der Waals surface area contributed by atoms with Crippen molar-refractivity contribution in [2.45, 2.75) is 26.4 Å². The van der Waals surface area contributed by atoms with Crippen molar-refractivity contribution in [3.05, 3.63) is 62.6 Å². The summed E-state index contributed by atoms with van der Waals surface area (Å²) in [6.07, 6.45) is 2.19. The molecule has 0 saturated carbocycles. The van der Waals surface area contributed by atoms with Gasteiger partial charge in [0, 0.05) is 27.2 Å². The summed E-state index contributed by atoms with van der Waals surface area (Å²) in [5, 5.41) is 8.92. The number of amides is 1. The van der Waals surface area contributed by atoms with E-state index in [1.54, 1.807) is 17.0 Å². The molecule has 9 heteroatoms. The Morgan fingerprint density at radius 3 is 2.48 bits per heavy atom. The standard InChI is InChI=1S/C20H22N6O3/c1-4-9-25(11-15-7-5-14(10-21)6-8-15)16(27)12-26-13-22-18-17(26)19(28)24(3)20(29)23(18)2/h5-8,13H,4,9,11-12H2,1-3H3. The van der Waals surface area contributed by atoms with E-state index in [1.807, 2.05) is 19.1 Å². The number of hydrogen-bond donors (Lipinski definition) is 0. The van der Waals surface area contributed by atoms with Crippen LogP contribution >= 0.6 is 0 Å². The van der Waals surface area contributed by atoms with Crippen molar-refractivity contribution in [1.82, 2.24) is 23.6 Å². The molecule has 150 valence electrons. The summed E-state index contributed by atoms with van der Waals surface area (Å²) in [5.41, 5.74) is 1.00. The summed E-state index contributed by atoms with van der Waals surface area (Å²) >= 11 is 0. The molecule has 0 fully saturated rings. The summed E-state index contributed by atoms with van der Waals surface area (Å²) in [7, 11) is 2.94. The van der Waals surface area contributed by atoms with Crippen LogP contribution in [-0.4, -0.2) is 36.0 Å².